The molecule has 0 bridgehead atoms. The number of anilines is 1. The number of nitrogens with one attached hydrogen (secondary N) is 3. The average Bonchev–Trinajstić information content (AvgIpc) is 3.12. The van der Waals surface area contributed by atoms with Crippen molar-refractivity contribution in [1.82, 2.24) is 10.6 Å². The molecule has 5 heteroatoms. The van der Waals surface area contributed by atoms with Gasteiger partial charge in [0.25, 0.3) is 0 Å². The molecule has 5 nitrogen and oxygen atoms in total. The van der Waals surface area contributed by atoms with Crippen LogP contribution in [0.2, 0.25) is 0 Å². The van der Waals surface area contributed by atoms with E-state index in [4.69, 9.17) is 5.73 Å². The number of carbonyl (C=O) groups is 1. The molecule has 24 heavy (non-hydrogen) atoms. The van der Waals surface area contributed by atoms with Gasteiger partial charge in [-0.25, -0.2) is 0 Å². The summed E-state index contributed by atoms with van der Waals surface area (Å²) in [5, 5.41) is 9.74. The number of hydrogen-bond donors (Lipinski definition) is 4. The first-order chi connectivity index (χ1) is 11.6. The standard InChI is InChI=1S/C19H28N4O/c1-12(21-2)15-16(13-8-6-7-9-13)17(20)19(24)23-18(15)22-14-10-4-3-5-11-14/h3-5,10-13,16-17,21-22H,6-9,20H2,1-2H3,(H,23,24). The predicted octanol–water partition coefficient (Wildman–Crippen LogP) is 2.18. The van der Waals surface area contributed by atoms with Gasteiger partial charge in [-0.05, 0) is 50.4 Å². The molecule has 1 aliphatic carbocycles. The minimum absolute atomic E-state index is 0.0858. The summed E-state index contributed by atoms with van der Waals surface area (Å²) in [4.78, 5) is 12.5. The molecule has 1 aliphatic heterocycles. The Balaban J connectivity index is 2.00. The molecule has 0 radical (unpaired) electrons. The molecule has 1 saturated carbocycles. The lowest BCUT2D eigenvalue weighted by Gasteiger charge is -2.39. The fourth-order valence-corrected chi connectivity index (χ4v) is 4.10. The van der Waals surface area contributed by atoms with Crippen LogP contribution in [0.4, 0.5) is 5.69 Å². The Morgan fingerprint density at radius 3 is 2.50 bits per heavy atom. The molecular formula is C19H28N4O. The highest BCUT2D eigenvalue weighted by molar-refractivity contribution is 5.86. The van der Waals surface area contributed by atoms with Gasteiger partial charge in [-0.3, -0.25) is 4.79 Å². The van der Waals surface area contributed by atoms with E-state index in [9.17, 15) is 4.79 Å². The Labute approximate surface area is 144 Å². The van der Waals surface area contributed by atoms with Crippen LogP contribution in [0.25, 0.3) is 0 Å². The molecule has 1 amide bonds. The molecular weight excluding hydrogens is 300 g/mol. The summed E-state index contributed by atoms with van der Waals surface area (Å²) in [5.41, 5.74) is 8.50. The van der Waals surface area contributed by atoms with E-state index in [0.29, 0.717) is 5.92 Å². The zero-order valence-corrected chi connectivity index (χ0v) is 14.5. The van der Waals surface area contributed by atoms with Crippen LogP contribution in [0.5, 0.6) is 0 Å². The van der Waals surface area contributed by atoms with Crippen molar-refractivity contribution in [3.05, 3.63) is 41.7 Å². The lowest BCUT2D eigenvalue weighted by molar-refractivity contribution is -0.123. The Morgan fingerprint density at radius 1 is 1.21 bits per heavy atom. The second-order valence-electron chi connectivity index (χ2n) is 6.92. The van der Waals surface area contributed by atoms with Gasteiger partial charge in [0.15, 0.2) is 0 Å². The third-order valence-electron chi connectivity index (χ3n) is 5.44. The molecule has 1 heterocycles. The van der Waals surface area contributed by atoms with Gasteiger partial charge in [0.1, 0.15) is 5.82 Å². The molecule has 2 aliphatic rings. The van der Waals surface area contributed by atoms with Gasteiger partial charge >= 0.3 is 0 Å². The van der Waals surface area contributed by atoms with Crippen LogP contribution in [-0.4, -0.2) is 25.0 Å². The number of rotatable bonds is 5. The summed E-state index contributed by atoms with van der Waals surface area (Å²) in [7, 11) is 1.95. The molecule has 130 valence electrons. The molecule has 3 atom stereocenters. The first kappa shape index (κ1) is 17.0. The SMILES string of the molecule is CNC(C)C1=C(Nc2ccccc2)NC(=O)C(N)C1C1CCCC1. The number of para-hydroxylation sites is 1. The highest BCUT2D eigenvalue weighted by Crippen LogP contribution is 2.40. The van der Waals surface area contributed by atoms with Gasteiger partial charge < -0.3 is 21.7 Å². The Morgan fingerprint density at radius 2 is 1.88 bits per heavy atom. The molecule has 5 N–H and O–H groups in total. The van der Waals surface area contributed by atoms with Crippen LogP contribution >= 0.6 is 0 Å². The number of nitrogens with two attached hydrogens (primary N) is 1. The molecule has 1 fully saturated rings. The molecule has 0 aromatic heterocycles. The van der Waals surface area contributed by atoms with E-state index in [2.05, 4.69) is 22.9 Å². The maximum absolute atomic E-state index is 12.5. The van der Waals surface area contributed by atoms with Crippen LogP contribution in [0, 0.1) is 11.8 Å². The molecule has 0 spiro atoms. The first-order valence-corrected chi connectivity index (χ1v) is 8.91. The molecule has 1 aromatic carbocycles. The fraction of sp³-hybridized carbons (Fsp3) is 0.526. The first-order valence-electron chi connectivity index (χ1n) is 8.91. The van der Waals surface area contributed by atoms with E-state index in [1.807, 2.05) is 37.4 Å². The highest BCUT2D eigenvalue weighted by Gasteiger charge is 2.42. The highest BCUT2D eigenvalue weighted by atomic mass is 16.2. The topological polar surface area (TPSA) is 79.2 Å². The number of hydrogen-bond acceptors (Lipinski definition) is 4. The van der Waals surface area contributed by atoms with E-state index in [1.165, 1.54) is 18.4 Å². The van der Waals surface area contributed by atoms with Gasteiger partial charge in [0.2, 0.25) is 5.91 Å². The van der Waals surface area contributed by atoms with Crippen molar-refractivity contribution >= 4 is 11.6 Å². The predicted molar refractivity (Wildman–Crippen MR) is 97.2 cm³/mol. The minimum Gasteiger partial charge on any atom is -0.342 e. The third kappa shape index (κ3) is 3.32. The smallest absolute Gasteiger partial charge is 0.243 e. The Hall–Kier alpha value is -1.85. The summed E-state index contributed by atoms with van der Waals surface area (Å²) < 4.78 is 0. The molecule has 0 saturated heterocycles. The van der Waals surface area contributed by atoms with Gasteiger partial charge in [-0.1, -0.05) is 31.0 Å². The van der Waals surface area contributed by atoms with Gasteiger partial charge in [-0.15, -0.1) is 0 Å². The second kappa shape index (κ2) is 7.36. The van der Waals surface area contributed by atoms with E-state index in [1.54, 1.807) is 0 Å². The summed E-state index contributed by atoms with van der Waals surface area (Å²) in [5.74, 6) is 1.29. The van der Waals surface area contributed by atoms with Gasteiger partial charge in [0, 0.05) is 17.6 Å². The zero-order valence-electron chi connectivity index (χ0n) is 14.5. The lowest BCUT2D eigenvalue weighted by Crippen LogP contribution is -2.55. The maximum atomic E-state index is 12.5. The quantitative estimate of drug-likeness (QED) is 0.668. The van der Waals surface area contributed by atoms with Crippen LogP contribution < -0.4 is 21.7 Å². The number of benzene rings is 1. The van der Waals surface area contributed by atoms with Crippen molar-refractivity contribution in [3.63, 3.8) is 0 Å². The van der Waals surface area contributed by atoms with Gasteiger partial charge in [0.05, 0.1) is 6.04 Å². The number of likely N-dealkylation sites (N-methyl/N-ethyl adjacent to an activating group) is 1. The Bertz CT molecular complexity index is 607. The van der Waals surface area contributed by atoms with Crippen molar-refractivity contribution < 1.29 is 4.79 Å². The summed E-state index contributed by atoms with van der Waals surface area (Å²) >= 11 is 0. The van der Waals surface area contributed by atoms with Crippen LogP contribution in [0.3, 0.4) is 0 Å². The molecule has 1 aromatic rings. The van der Waals surface area contributed by atoms with E-state index < -0.39 is 6.04 Å². The normalized spacial score (nSPS) is 26.4. The van der Waals surface area contributed by atoms with Crippen molar-refractivity contribution in [2.45, 2.75) is 44.7 Å². The van der Waals surface area contributed by atoms with Crippen molar-refractivity contribution in [3.8, 4) is 0 Å². The monoisotopic (exact) mass is 328 g/mol. The summed E-state index contributed by atoms with van der Waals surface area (Å²) in [6.07, 6.45) is 4.78. The van der Waals surface area contributed by atoms with Crippen molar-refractivity contribution in [1.29, 1.82) is 0 Å². The summed E-state index contributed by atoms with van der Waals surface area (Å²) in [6.45, 7) is 2.13. The maximum Gasteiger partial charge on any atom is 0.243 e. The van der Waals surface area contributed by atoms with Crippen LogP contribution in [-0.2, 0) is 4.79 Å². The largest absolute Gasteiger partial charge is 0.342 e. The lowest BCUT2D eigenvalue weighted by atomic mass is 9.75. The van der Waals surface area contributed by atoms with E-state index in [0.717, 1.165) is 24.4 Å². The zero-order chi connectivity index (χ0) is 17.1. The Kier molecular flexibility index (Phi) is 5.21. The van der Waals surface area contributed by atoms with Crippen molar-refractivity contribution in [2.24, 2.45) is 17.6 Å². The molecule has 3 rings (SSSR count). The van der Waals surface area contributed by atoms with E-state index in [-0.39, 0.29) is 17.9 Å². The van der Waals surface area contributed by atoms with Crippen LogP contribution in [0.1, 0.15) is 32.6 Å². The minimum atomic E-state index is -0.472. The average molecular weight is 328 g/mol. The number of amides is 1. The van der Waals surface area contributed by atoms with Crippen LogP contribution in [0.15, 0.2) is 41.7 Å². The van der Waals surface area contributed by atoms with Gasteiger partial charge in [-0.2, -0.15) is 0 Å². The fourth-order valence-electron chi connectivity index (χ4n) is 4.10. The van der Waals surface area contributed by atoms with Crippen molar-refractivity contribution in [2.75, 3.05) is 12.4 Å². The summed E-state index contributed by atoms with van der Waals surface area (Å²) in [6, 6.07) is 9.62. The van der Waals surface area contributed by atoms with E-state index >= 15 is 0 Å². The second-order valence-corrected chi connectivity index (χ2v) is 6.92. The third-order valence-corrected chi connectivity index (χ3v) is 5.44. The number of carbonyl (C=O) groups excluding carboxylic acids is 1. The molecule has 3 unspecified atom stereocenters.